The third-order valence-electron chi connectivity index (χ3n) is 5.87. The van der Waals surface area contributed by atoms with Crippen molar-refractivity contribution < 1.29 is 4.39 Å². The largest absolute Gasteiger partial charge is 0.341 e. The van der Waals surface area contributed by atoms with Crippen molar-refractivity contribution in [1.29, 1.82) is 0 Å². The van der Waals surface area contributed by atoms with E-state index in [2.05, 4.69) is 20.3 Å². The van der Waals surface area contributed by atoms with Gasteiger partial charge in [-0.2, -0.15) is 0 Å². The molecule has 0 saturated heterocycles. The van der Waals surface area contributed by atoms with E-state index in [0.717, 1.165) is 44.9 Å². The highest BCUT2D eigenvalue weighted by Gasteiger charge is 2.23. The van der Waals surface area contributed by atoms with E-state index < -0.39 is 0 Å². The quantitative estimate of drug-likeness (QED) is 0.281. The molecule has 2 aromatic heterocycles. The van der Waals surface area contributed by atoms with Crippen molar-refractivity contribution in [2.75, 3.05) is 5.32 Å². The lowest BCUT2D eigenvalue weighted by Crippen LogP contribution is -2.07. The molecule has 0 aliphatic carbocycles. The van der Waals surface area contributed by atoms with Crippen molar-refractivity contribution in [2.24, 2.45) is 10.7 Å². The Morgan fingerprint density at radius 2 is 1.86 bits per heavy atom. The van der Waals surface area contributed by atoms with Crippen LogP contribution in [0, 0.1) is 5.82 Å². The fraction of sp³-hybridized carbons (Fsp3) is 0.111. The maximum atomic E-state index is 14.7. The molecule has 0 unspecified atom stereocenters. The van der Waals surface area contributed by atoms with Gasteiger partial charge in [0, 0.05) is 39.2 Å². The van der Waals surface area contributed by atoms with Crippen LogP contribution in [-0.4, -0.2) is 25.6 Å². The molecule has 180 valence electrons. The molecule has 5 aromatic rings. The number of H-pyrrole nitrogens is 1. The van der Waals surface area contributed by atoms with Crippen molar-refractivity contribution in [1.82, 2.24) is 19.9 Å². The normalized spacial score (nSPS) is 12.2. The summed E-state index contributed by atoms with van der Waals surface area (Å²) in [6, 6.07) is 17.8. The molecule has 1 aliphatic heterocycles. The van der Waals surface area contributed by atoms with Crippen molar-refractivity contribution in [3.05, 3.63) is 100 Å². The molecule has 0 atom stereocenters. The Labute approximate surface area is 212 Å². The van der Waals surface area contributed by atoms with Gasteiger partial charge in [0.05, 0.1) is 35.5 Å². The zero-order valence-electron chi connectivity index (χ0n) is 18.4. The molecule has 0 fully saturated rings. The van der Waals surface area contributed by atoms with Crippen molar-refractivity contribution in [3.63, 3.8) is 0 Å². The molecule has 7 nitrogen and oxygen atoms in total. The topological polar surface area (TPSA) is 105 Å². The lowest BCUT2D eigenvalue weighted by Gasteiger charge is -2.13. The Balaban J connectivity index is 0.00000267. The summed E-state index contributed by atoms with van der Waals surface area (Å²) in [6.45, 7) is 0.652. The van der Waals surface area contributed by atoms with Gasteiger partial charge in [-0.3, -0.25) is 4.99 Å². The number of anilines is 2. The molecule has 0 spiro atoms. The Hall–Kier alpha value is -4.14. The van der Waals surface area contributed by atoms with Crippen LogP contribution in [0.4, 0.5) is 16.0 Å². The fourth-order valence-corrected chi connectivity index (χ4v) is 4.41. The highest BCUT2D eigenvalue weighted by atomic mass is 35.5. The number of aromatic amines is 1. The first-order chi connectivity index (χ1) is 17.1. The van der Waals surface area contributed by atoms with Gasteiger partial charge in [0.15, 0.2) is 0 Å². The van der Waals surface area contributed by atoms with Crippen LogP contribution < -0.4 is 11.1 Å². The summed E-state index contributed by atoms with van der Waals surface area (Å²) in [5.74, 6) is 0.805. The smallest absolute Gasteiger partial charge is 0.227 e. The minimum Gasteiger partial charge on any atom is -0.341 e. The van der Waals surface area contributed by atoms with Gasteiger partial charge in [-0.25, -0.2) is 19.3 Å². The van der Waals surface area contributed by atoms with E-state index in [1.54, 1.807) is 36.5 Å². The van der Waals surface area contributed by atoms with Gasteiger partial charge < -0.3 is 16.0 Å². The number of halogens is 2. The first-order valence-electron chi connectivity index (χ1n) is 11.0. The molecule has 6 rings (SSSR count). The van der Waals surface area contributed by atoms with Gasteiger partial charge in [0.2, 0.25) is 5.95 Å². The predicted octanol–water partition coefficient (Wildman–Crippen LogP) is 6.00. The fourth-order valence-electron chi connectivity index (χ4n) is 4.23. The van der Waals surface area contributed by atoms with E-state index >= 15 is 0 Å². The molecular weight excluding hydrogens is 477 g/mol. The lowest BCUT2D eigenvalue weighted by atomic mass is 9.95. The Morgan fingerprint density at radius 3 is 2.69 bits per heavy atom. The second-order valence-corrected chi connectivity index (χ2v) is 8.58. The number of nitrogens with one attached hydrogen (secondary N) is 2. The summed E-state index contributed by atoms with van der Waals surface area (Å²) in [4.78, 5) is 21.7. The van der Waals surface area contributed by atoms with E-state index in [-0.39, 0.29) is 13.2 Å². The molecule has 3 heterocycles. The van der Waals surface area contributed by atoms with E-state index in [0.29, 0.717) is 35.3 Å². The second-order valence-electron chi connectivity index (χ2n) is 8.15. The van der Waals surface area contributed by atoms with Gasteiger partial charge in [-0.1, -0.05) is 37.2 Å². The number of nitrogens with zero attached hydrogens (tertiary/aromatic N) is 4. The molecule has 3 aromatic carbocycles. The maximum Gasteiger partial charge on any atom is 0.227 e. The van der Waals surface area contributed by atoms with Crippen molar-refractivity contribution in [2.45, 2.75) is 20.5 Å². The van der Waals surface area contributed by atoms with Gasteiger partial charge in [-0.15, -0.1) is 0 Å². The number of hydrogen-bond donors (Lipinski definition) is 3. The number of aliphatic imine (C=N–C) groups is 1. The molecule has 9 heteroatoms. The number of nitrogens with two attached hydrogens (primary N) is 1. The Bertz CT molecular complexity index is 1630. The zero-order valence-corrected chi connectivity index (χ0v) is 19.1. The van der Waals surface area contributed by atoms with Crippen LogP contribution >= 0.6 is 11.6 Å². The van der Waals surface area contributed by atoms with Crippen molar-refractivity contribution >= 4 is 40.0 Å². The average Bonchev–Trinajstić information content (AvgIpc) is 3.21. The van der Waals surface area contributed by atoms with E-state index in [9.17, 15) is 4.39 Å². The first-order valence-corrected chi connectivity index (χ1v) is 11.4. The zero-order chi connectivity index (χ0) is 23.9. The third kappa shape index (κ3) is 4.21. The Kier molecular flexibility index (Phi) is 6.22. The van der Waals surface area contributed by atoms with E-state index in [4.69, 9.17) is 27.3 Å². The molecule has 0 bridgehead atoms. The number of rotatable bonds is 4. The van der Waals surface area contributed by atoms with Crippen LogP contribution in [0.2, 0.25) is 5.02 Å². The minimum atomic E-state index is -0.344. The number of imidazole rings is 1. The monoisotopic (exact) mass is 499 g/mol. The van der Waals surface area contributed by atoms with Crippen LogP contribution in [0.3, 0.4) is 0 Å². The van der Waals surface area contributed by atoms with E-state index in [1.807, 2.05) is 24.3 Å². The van der Waals surface area contributed by atoms with Gasteiger partial charge in [0.25, 0.3) is 0 Å². The number of fused-ring (bicyclic) bond motifs is 4. The number of benzene rings is 3. The summed E-state index contributed by atoms with van der Waals surface area (Å²) in [7, 11) is 0. The third-order valence-corrected chi connectivity index (χ3v) is 6.11. The number of aromatic nitrogens is 4. The lowest BCUT2D eigenvalue weighted by molar-refractivity contribution is 0.625. The highest BCUT2D eigenvalue weighted by Crippen LogP contribution is 2.34. The van der Waals surface area contributed by atoms with Crippen LogP contribution in [-0.2, 0) is 13.1 Å². The van der Waals surface area contributed by atoms with Crippen LogP contribution in [0.1, 0.15) is 29.9 Å². The predicted molar refractivity (Wildman–Crippen MR) is 142 cm³/mol. The van der Waals surface area contributed by atoms with E-state index in [1.165, 1.54) is 6.07 Å². The molecule has 0 amide bonds. The van der Waals surface area contributed by atoms with Crippen molar-refractivity contribution in [3.8, 4) is 11.3 Å². The summed E-state index contributed by atoms with van der Waals surface area (Å²) in [6.07, 6.45) is 1.75. The molecule has 0 radical (unpaired) electrons. The summed E-state index contributed by atoms with van der Waals surface area (Å²) in [5, 5.41) is 3.80. The second kappa shape index (κ2) is 9.49. The van der Waals surface area contributed by atoms with Gasteiger partial charge in [0.1, 0.15) is 11.6 Å². The summed E-state index contributed by atoms with van der Waals surface area (Å²) < 4.78 is 14.7. The molecular formula is C27H23ClFN7. The molecule has 4 N–H and O–H groups in total. The van der Waals surface area contributed by atoms with Crippen LogP contribution in [0.15, 0.2) is 71.9 Å². The van der Waals surface area contributed by atoms with Crippen LogP contribution in [0.25, 0.3) is 22.3 Å². The average molecular weight is 500 g/mol. The highest BCUT2D eigenvalue weighted by molar-refractivity contribution is 6.31. The van der Waals surface area contributed by atoms with Gasteiger partial charge in [-0.05, 0) is 42.5 Å². The molecule has 36 heavy (non-hydrogen) atoms. The summed E-state index contributed by atoms with van der Waals surface area (Å²) in [5.41, 5.74) is 12.2. The minimum absolute atomic E-state index is 0. The SMILES string of the molecule is C.NCc1nc2ccc(Nc3ncc4c(n3)-c3ccc(Cl)cc3C(c3ccccc3F)=NC4)cc2[nH]1. The molecule has 1 aliphatic rings. The summed E-state index contributed by atoms with van der Waals surface area (Å²) >= 11 is 6.34. The Morgan fingerprint density at radius 1 is 1.00 bits per heavy atom. The number of hydrogen-bond acceptors (Lipinski definition) is 6. The molecule has 0 saturated carbocycles. The standard InChI is InChI=1S/C26H19ClFN7.CH4/c27-15-5-7-17-19(9-15)25(18-3-1-2-4-20(18)28)30-12-14-13-31-26(35-24(14)17)32-16-6-8-21-22(10-16)34-23(11-29)33-21;/h1-10,13H,11-12,29H2,(H,33,34)(H,31,32,35);1H4. The van der Waals surface area contributed by atoms with Crippen LogP contribution in [0.5, 0.6) is 0 Å². The first kappa shape index (κ1) is 23.6. The van der Waals surface area contributed by atoms with Gasteiger partial charge >= 0.3 is 0 Å². The maximum absolute atomic E-state index is 14.7.